The van der Waals surface area contributed by atoms with Crippen molar-refractivity contribution in [2.45, 2.75) is 5.92 Å². The number of nitriles is 1. The van der Waals surface area contributed by atoms with Crippen LogP contribution >= 0.6 is 0 Å². The normalized spacial score (nSPS) is 11.4. The Kier molecular flexibility index (Phi) is 4.00. The van der Waals surface area contributed by atoms with Gasteiger partial charge in [-0.2, -0.15) is 5.26 Å². The van der Waals surface area contributed by atoms with Gasteiger partial charge in [0.25, 0.3) is 5.69 Å². The molecule has 0 saturated heterocycles. The van der Waals surface area contributed by atoms with Crippen LogP contribution in [0.5, 0.6) is 0 Å². The second-order valence-corrected chi connectivity index (χ2v) is 4.10. The van der Waals surface area contributed by atoms with Crippen LogP contribution in [0.3, 0.4) is 0 Å². The molecule has 0 spiro atoms. The molecular weight excluding hydrogens is 277 g/mol. The number of hydrogen-bond donors (Lipinski definition) is 0. The largest absolute Gasteiger partial charge is 0.292 e. The second-order valence-electron chi connectivity index (χ2n) is 4.10. The Morgan fingerprint density at radius 1 is 1.38 bits per heavy atom. The molecule has 21 heavy (non-hydrogen) atoms. The first kappa shape index (κ1) is 14.3. The minimum atomic E-state index is -1.28. The Morgan fingerprint density at radius 3 is 2.71 bits per heavy atom. The number of rotatable bonds is 4. The number of benzene rings is 1. The maximum absolute atomic E-state index is 13.1. The molecule has 7 heteroatoms. The quantitative estimate of drug-likeness (QED) is 0.488. The average Bonchev–Trinajstić information content (AvgIpc) is 2.48. The number of Topliss-reactive ketones (excluding diaryl/α,β-unsaturated/α-hetero) is 1. The van der Waals surface area contributed by atoms with Crippen LogP contribution in [-0.4, -0.2) is 15.7 Å². The molecule has 2 aromatic rings. The smallest absolute Gasteiger partial charge is 0.283 e. The van der Waals surface area contributed by atoms with Gasteiger partial charge in [0.15, 0.2) is 11.7 Å². The topological polar surface area (TPSA) is 96.9 Å². The highest BCUT2D eigenvalue weighted by atomic mass is 19.1. The van der Waals surface area contributed by atoms with Crippen LogP contribution < -0.4 is 0 Å². The lowest BCUT2D eigenvalue weighted by Crippen LogP contribution is -2.14. The maximum Gasteiger partial charge on any atom is 0.283 e. The molecule has 6 nitrogen and oxygen atoms in total. The van der Waals surface area contributed by atoms with Gasteiger partial charge in [0.2, 0.25) is 0 Å². The molecule has 0 radical (unpaired) electrons. The van der Waals surface area contributed by atoms with Crippen molar-refractivity contribution in [2.24, 2.45) is 0 Å². The van der Waals surface area contributed by atoms with Gasteiger partial charge < -0.3 is 0 Å². The summed E-state index contributed by atoms with van der Waals surface area (Å²) < 4.78 is 13.1. The van der Waals surface area contributed by atoms with Gasteiger partial charge in [0.05, 0.1) is 28.3 Å². The van der Waals surface area contributed by atoms with E-state index in [4.69, 9.17) is 5.26 Å². The van der Waals surface area contributed by atoms with Gasteiger partial charge in [-0.25, -0.2) is 4.39 Å². The van der Waals surface area contributed by atoms with Crippen molar-refractivity contribution in [3.8, 4) is 6.07 Å². The molecule has 1 aromatic heterocycles. The lowest BCUT2D eigenvalue weighted by atomic mass is 9.94. The zero-order valence-electron chi connectivity index (χ0n) is 10.6. The van der Waals surface area contributed by atoms with Crippen LogP contribution in [0.15, 0.2) is 42.6 Å². The molecule has 0 aliphatic carbocycles. The van der Waals surface area contributed by atoms with Crippen molar-refractivity contribution in [3.63, 3.8) is 0 Å². The summed E-state index contributed by atoms with van der Waals surface area (Å²) in [5.41, 5.74) is -0.807. The minimum Gasteiger partial charge on any atom is -0.292 e. The van der Waals surface area contributed by atoms with E-state index in [0.29, 0.717) is 6.07 Å². The number of aromatic nitrogens is 1. The van der Waals surface area contributed by atoms with Gasteiger partial charge >= 0.3 is 0 Å². The molecule has 0 saturated carbocycles. The summed E-state index contributed by atoms with van der Waals surface area (Å²) >= 11 is 0. The maximum atomic E-state index is 13.1. The van der Waals surface area contributed by atoms with Crippen molar-refractivity contribution >= 4 is 11.5 Å². The first-order valence-electron chi connectivity index (χ1n) is 5.83. The van der Waals surface area contributed by atoms with Crippen molar-refractivity contribution in [1.82, 2.24) is 4.98 Å². The van der Waals surface area contributed by atoms with Crippen LogP contribution in [0.2, 0.25) is 0 Å². The number of nitrogens with zero attached hydrogens (tertiary/aromatic N) is 3. The van der Waals surface area contributed by atoms with Gasteiger partial charge in [-0.05, 0) is 24.3 Å². The van der Waals surface area contributed by atoms with Crippen molar-refractivity contribution < 1.29 is 14.1 Å². The fourth-order valence-electron chi connectivity index (χ4n) is 1.83. The van der Waals surface area contributed by atoms with Gasteiger partial charge in [0, 0.05) is 6.20 Å². The highest BCUT2D eigenvalue weighted by molar-refractivity contribution is 6.05. The summed E-state index contributed by atoms with van der Waals surface area (Å²) in [6.07, 6.45) is 1.41. The SMILES string of the molecule is N#CC(C(=O)c1ccc(F)cc1[N+](=O)[O-])c1ccccn1. The summed E-state index contributed by atoms with van der Waals surface area (Å²) in [5, 5.41) is 20.1. The molecule has 1 atom stereocenters. The second kappa shape index (κ2) is 5.88. The predicted octanol–water partition coefficient (Wildman–Crippen LogP) is 2.62. The van der Waals surface area contributed by atoms with Gasteiger partial charge in [-0.3, -0.25) is 19.9 Å². The van der Waals surface area contributed by atoms with Crippen molar-refractivity contribution in [2.75, 3.05) is 0 Å². The summed E-state index contributed by atoms with van der Waals surface area (Å²) in [5.74, 6) is -2.90. The highest BCUT2D eigenvalue weighted by Crippen LogP contribution is 2.26. The van der Waals surface area contributed by atoms with Crippen LogP contribution in [-0.2, 0) is 0 Å². The molecule has 1 unspecified atom stereocenters. The van der Waals surface area contributed by atoms with Crippen LogP contribution in [0.4, 0.5) is 10.1 Å². The summed E-state index contributed by atoms with van der Waals surface area (Å²) in [6, 6.07) is 9.05. The third-order valence-electron chi connectivity index (χ3n) is 2.80. The molecule has 1 aromatic carbocycles. The van der Waals surface area contributed by atoms with Gasteiger partial charge in [-0.1, -0.05) is 6.07 Å². The van der Waals surface area contributed by atoms with E-state index in [1.165, 1.54) is 12.3 Å². The number of pyridine rings is 1. The number of carbonyl (C=O) groups is 1. The standard InChI is InChI=1S/C14H8FN3O3/c15-9-4-5-10(13(7-9)18(20)21)14(19)11(8-16)12-3-1-2-6-17-12/h1-7,11H. The van der Waals surface area contributed by atoms with E-state index >= 15 is 0 Å². The number of halogens is 1. The van der Waals surface area contributed by atoms with E-state index in [9.17, 15) is 19.3 Å². The zero-order valence-corrected chi connectivity index (χ0v) is 10.6. The fourth-order valence-corrected chi connectivity index (χ4v) is 1.83. The highest BCUT2D eigenvalue weighted by Gasteiger charge is 2.29. The zero-order chi connectivity index (χ0) is 15.4. The third-order valence-corrected chi connectivity index (χ3v) is 2.80. The third kappa shape index (κ3) is 2.90. The Hall–Kier alpha value is -3.14. The Labute approximate surface area is 118 Å². The van der Waals surface area contributed by atoms with E-state index in [-0.39, 0.29) is 11.3 Å². The Balaban J connectivity index is 2.49. The summed E-state index contributed by atoms with van der Waals surface area (Å²) in [7, 11) is 0. The summed E-state index contributed by atoms with van der Waals surface area (Å²) in [4.78, 5) is 26.3. The molecule has 0 amide bonds. The molecule has 0 N–H and O–H groups in total. The van der Waals surface area contributed by atoms with Gasteiger partial charge in [-0.15, -0.1) is 0 Å². The molecule has 2 rings (SSSR count). The molecule has 0 fully saturated rings. The molecule has 0 aliphatic rings. The molecule has 0 aliphatic heterocycles. The van der Waals surface area contributed by atoms with Crippen LogP contribution in [0, 0.1) is 27.3 Å². The van der Waals surface area contributed by atoms with E-state index in [0.717, 1.165) is 12.1 Å². The number of hydrogen-bond acceptors (Lipinski definition) is 5. The lowest BCUT2D eigenvalue weighted by molar-refractivity contribution is -0.385. The first-order chi connectivity index (χ1) is 10.0. The predicted molar refractivity (Wildman–Crippen MR) is 70.0 cm³/mol. The first-order valence-corrected chi connectivity index (χ1v) is 5.83. The minimum absolute atomic E-state index is 0.184. The number of ketones is 1. The Morgan fingerprint density at radius 2 is 2.14 bits per heavy atom. The van der Waals surface area contributed by atoms with Crippen molar-refractivity contribution in [3.05, 3.63) is 69.8 Å². The molecule has 0 bridgehead atoms. The van der Waals surface area contributed by atoms with E-state index in [1.54, 1.807) is 18.2 Å². The number of nitro groups is 1. The monoisotopic (exact) mass is 285 g/mol. The van der Waals surface area contributed by atoms with Crippen LogP contribution in [0.1, 0.15) is 22.0 Å². The van der Waals surface area contributed by atoms with E-state index < -0.39 is 28.1 Å². The fraction of sp³-hybridized carbons (Fsp3) is 0.0714. The molecule has 1 heterocycles. The molecule has 104 valence electrons. The van der Waals surface area contributed by atoms with E-state index in [1.807, 2.05) is 0 Å². The summed E-state index contributed by atoms with van der Waals surface area (Å²) in [6.45, 7) is 0. The number of nitro benzene ring substituents is 1. The Bertz CT molecular complexity index is 741. The van der Waals surface area contributed by atoms with Gasteiger partial charge in [0.1, 0.15) is 5.82 Å². The van der Waals surface area contributed by atoms with Crippen LogP contribution in [0.25, 0.3) is 0 Å². The molecular formula is C14H8FN3O3. The van der Waals surface area contributed by atoms with Crippen molar-refractivity contribution in [1.29, 1.82) is 5.26 Å². The van der Waals surface area contributed by atoms with E-state index in [2.05, 4.69) is 4.98 Å². The lowest BCUT2D eigenvalue weighted by Gasteiger charge is -2.08. The number of carbonyl (C=O) groups excluding carboxylic acids is 1. The average molecular weight is 285 g/mol.